The Morgan fingerprint density at radius 2 is 1.66 bits per heavy atom. The molecule has 0 spiro atoms. The maximum absolute atomic E-state index is 13.9. The van der Waals surface area contributed by atoms with Crippen LogP contribution < -0.4 is 9.47 Å². The first-order valence-corrected chi connectivity index (χ1v) is 12.3. The number of halogens is 6. The van der Waals surface area contributed by atoms with E-state index in [0.717, 1.165) is 11.6 Å². The van der Waals surface area contributed by atoms with Gasteiger partial charge in [-0.25, -0.2) is 9.18 Å². The lowest BCUT2D eigenvalue weighted by atomic mass is 10.0. The number of hydrogen-bond acceptors (Lipinski definition) is 3. The molecule has 0 radical (unpaired) electrons. The number of alkyl halides is 3. The number of ether oxygens (including phenoxy) is 2. The second kappa shape index (κ2) is 11.1. The van der Waals surface area contributed by atoms with Gasteiger partial charge in [-0.3, -0.25) is 0 Å². The fourth-order valence-electron chi connectivity index (χ4n) is 4.11. The van der Waals surface area contributed by atoms with Crippen LogP contribution in [0.25, 0.3) is 22.0 Å². The van der Waals surface area contributed by atoms with E-state index in [0.29, 0.717) is 35.2 Å². The van der Waals surface area contributed by atoms with Crippen LogP contribution in [-0.4, -0.2) is 35.0 Å². The lowest BCUT2D eigenvalue weighted by Crippen LogP contribution is -2.33. The number of rotatable bonds is 7. The molecule has 0 aliphatic heterocycles. The molecule has 0 unspecified atom stereocenters. The predicted molar refractivity (Wildman–Crippen MR) is 139 cm³/mol. The molecule has 1 heterocycles. The third-order valence-corrected chi connectivity index (χ3v) is 6.50. The summed E-state index contributed by atoms with van der Waals surface area (Å²) in [5.74, 6) is -0.807. The summed E-state index contributed by atoms with van der Waals surface area (Å²) < 4.78 is 63.2. The van der Waals surface area contributed by atoms with Gasteiger partial charge in [-0.2, -0.15) is 0 Å². The molecule has 4 aromatic rings. The van der Waals surface area contributed by atoms with E-state index < -0.39 is 24.0 Å². The maximum atomic E-state index is 13.9. The first-order valence-electron chi connectivity index (χ1n) is 11.6. The largest absolute Gasteiger partial charge is 0.573 e. The van der Waals surface area contributed by atoms with E-state index in [1.54, 1.807) is 30.5 Å². The molecular formula is C27H22Cl2F4N2O3. The molecule has 4 rings (SSSR count). The zero-order valence-electron chi connectivity index (χ0n) is 20.3. The van der Waals surface area contributed by atoms with Gasteiger partial charge in [0, 0.05) is 42.3 Å². The molecule has 0 fully saturated rings. The van der Waals surface area contributed by atoms with Gasteiger partial charge < -0.3 is 18.9 Å². The van der Waals surface area contributed by atoms with Crippen molar-refractivity contribution in [1.29, 1.82) is 0 Å². The van der Waals surface area contributed by atoms with Gasteiger partial charge in [0.15, 0.2) is 0 Å². The van der Waals surface area contributed by atoms with E-state index in [4.69, 9.17) is 27.9 Å². The van der Waals surface area contributed by atoms with Crippen molar-refractivity contribution >= 4 is 40.2 Å². The van der Waals surface area contributed by atoms with Crippen molar-refractivity contribution in [3.63, 3.8) is 0 Å². The zero-order chi connectivity index (χ0) is 27.6. The molecule has 1 amide bonds. The number of hydrogen-bond donors (Lipinski definition) is 0. The van der Waals surface area contributed by atoms with Gasteiger partial charge in [-0.15, -0.1) is 13.2 Å². The summed E-state index contributed by atoms with van der Waals surface area (Å²) in [5.41, 5.74) is 2.44. The van der Waals surface area contributed by atoms with Gasteiger partial charge in [-0.1, -0.05) is 35.3 Å². The Balaban J connectivity index is 1.76. The minimum absolute atomic E-state index is 0.0873. The van der Waals surface area contributed by atoms with E-state index >= 15 is 0 Å². The number of nitrogens with zero attached hydrogens (tertiary/aromatic N) is 2. The number of fused-ring (bicyclic) bond motifs is 1. The summed E-state index contributed by atoms with van der Waals surface area (Å²) >= 11 is 12.1. The summed E-state index contributed by atoms with van der Waals surface area (Å²) in [6.45, 7) is 4.87. The van der Waals surface area contributed by atoms with Gasteiger partial charge in [0.1, 0.15) is 17.3 Å². The summed E-state index contributed by atoms with van der Waals surface area (Å²) in [6, 6.07) is 13.5. The molecule has 0 aliphatic rings. The molecule has 0 aliphatic carbocycles. The molecule has 0 bridgehead atoms. The van der Waals surface area contributed by atoms with Crippen molar-refractivity contribution in [3.05, 3.63) is 82.2 Å². The lowest BCUT2D eigenvalue weighted by Gasteiger charge is -2.20. The Bertz CT molecular complexity index is 1480. The fraction of sp³-hybridized carbons (Fsp3) is 0.222. The van der Waals surface area contributed by atoms with Crippen molar-refractivity contribution in [2.45, 2.75) is 26.8 Å². The standard InChI is InChI=1S/C27H22Cl2F4N2O3/c1-3-34(4-2)26(36)37-24-10-8-22-18(25(24)17-6-7-21(30)19(28)14-17)11-12-35(22)15-16-5-9-23(20(29)13-16)38-27(31,32)33/h5-14H,3-4,15H2,1-2H3. The average Bonchev–Trinajstić information content (AvgIpc) is 3.25. The van der Waals surface area contributed by atoms with Gasteiger partial charge in [0.25, 0.3) is 0 Å². The highest BCUT2D eigenvalue weighted by molar-refractivity contribution is 6.32. The second-order valence-electron chi connectivity index (χ2n) is 8.30. The Labute approximate surface area is 226 Å². The van der Waals surface area contributed by atoms with Gasteiger partial charge in [0.2, 0.25) is 0 Å². The molecule has 0 saturated heterocycles. The quantitative estimate of drug-likeness (QED) is 0.210. The SMILES string of the molecule is CCN(CC)C(=O)Oc1ccc2c(ccn2Cc2ccc(OC(F)(F)F)c(Cl)c2)c1-c1ccc(F)c(Cl)c1. The number of benzene rings is 3. The Kier molecular flexibility index (Phi) is 8.08. The molecule has 5 nitrogen and oxygen atoms in total. The Morgan fingerprint density at radius 1 is 0.947 bits per heavy atom. The maximum Gasteiger partial charge on any atom is 0.573 e. The molecule has 0 atom stereocenters. The fourth-order valence-corrected chi connectivity index (χ4v) is 4.53. The zero-order valence-corrected chi connectivity index (χ0v) is 21.8. The van der Waals surface area contributed by atoms with Gasteiger partial charge in [0.05, 0.1) is 10.0 Å². The van der Waals surface area contributed by atoms with Gasteiger partial charge >= 0.3 is 12.5 Å². The summed E-state index contributed by atoms with van der Waals surface area (Å²) in [5, 5.41) is 0.430. The Hall–Kier alpha value is -3.43. The number of carbonyl (C=O) groups is 1. The number of aromatic nitrogens is 1. The summed E-state index contributed by atoms with van der Waals surface area (Å²) in [6.07, 6.45) is -3.60. The van der Waals surface area contributed by atoms with Crippen LogP contribution in [0.2, 0.25) is 10.0 Å². The number of amides is 1. The molecule has 38 heavy (non-hydrogen) atoms. The van der Waals surface area contributed by atoms with Crippen LogP contribution in [0.5, 0.6) is 11.5 Å². The third kappa shape index (κ3) is 6.00. The number of carbonyl (C=O) groups excluding carboxylic acids is 1. The molecule has 0 saturated carbocycles. The molecule has 0 N–H and O–H groups in total. The first kappa shape index (κ1) is 27.6. The van der Waals surface area contributed by atoms with Crippen molar-refractivity contribution in [2.75, 3.05) is 13.1 Å². The highest BCUT2D eigenvalue weighted by atomic mass is 35.5. The van der Waals surface area contributed by atoms with E-state index in [-0.39, 0.29) is 22.3 Å². The van der Waals surface area contributed by atoms with Crippen molar-refractivity contribution in [3.8, 4) is 22.6 Å². The second-order valence-corrected chi connectivity index (χ2v) is 9.11. The molecule has 200 valence electrons. The van der Waals surface area contributed by atoms with Crippen molar-refractivity contribution in [2.24, 2.45) is 0 Å². The third-order valence-electron chi connectivity index (χ3n) is 5.92. The molecule has 3 aromatic carbocycles. The highest BCUT2D eigenvalue weighted by Gasteiger charge is 2.32. The van der Waals surface area contributed by atoms with E-state index in [1.165, 1.54) is 29.2 Å². The Morgan fingerprint density at radius 3 is 2.29 bits per heavy atom. The molecule has 11 heteroatoms. The van der Waals surface area contributed by atoms with E-state index in [9.17, 15) is 22.4 Å². The predicted octanol–water partition coefficient (Wildman–Crippen LogP) is 8.54. The van der Waals surface area contributed by atoms with E-state index in [2.05, 4.69) is 4.74 Å². The minimum atomic E-state index is -4.85. The lowest BCUT2D eigenvalue weighted by molar-refractivity contribution is -0.274. The monoisotopic (exact) mass is 568 g/mol. The van der Waals surface area contributed by atoms with Gasteiger partial charge in [-0.05, 0) is 67.4 Å². The normalized spacial score (nSPS) is 11.6. The summed E-state index contributed by atoms with van der Waals surface area (Å²) in [7, 11) is 0. The van der Waals surface area contributed by atoms with Crippen LogP contribution >= 0.6 is 23.2 Å². The summed E-state index contributed by atoms with van der Waals surface area (Å²) in [4.78, 5) is 14.2. The van der Waals surface area contributed by atoms with Crippen molar-refractivity contribution < 1.29 is 31.8 Å². The van der Waals surface area contributed by atoms with Crippen LogP contribution in [0.15, 0.2) is 60.8 Å². The van der Waals surface area contributed by atoms with E-state index in [1.807, 2.05) is 18.4 Å². The average molecular weight is 569 g/mol. The van der Waals surface area contributed by atoms with Crippen LogP contribution in [0.4, 0.5) is 22.4 Å². The molecular weight excluding hydrogens is 547 g/mol. The topological polar surface area (TPSA) is 43.7 Å². The minimum Gasteiger partial charge on any atom is -0.410 e. The van der Waals surface area contributed by atoms with Crippen LogP contribution in [0.3, 0.4) is 0 Å². The smallest absolute Gasteiger partial charge is 0.410 e. The van der Waals surface area contributed by atoms with Crippen LogP contribution in [-0.2, 0) is 6.54 Å². The highest BCUT2D eigenvalue weighted by Crippen LogP contribution is 2.40. The molecule has 1 aromatic heterocycles. The van der Waals surface area contributed by atoms with Crippen LogP contribution in [0.1, 0.15) is 19.4 Å². The van der Waals surface area contributed by atoms with Crippen molar-refractivity contribution in [1.82, 2.24) is 9.47 Å². The van der Waals surface area contributed by atoms with Crippen LogP contribution in [0, 0.1) is 5.82 Å². The first-order chi connectivity index (χ1) is 18.0.